The number of allylic oxidation sites excluding steroid dienone is 2. The van der Waals surface area contributed by atoms with Crippen molar-refractivity contribution in [3.8, 4) is 0 Å². The van der Waals surface area contributed by atoms with Crippen molar-refractivity contribution in [2.24, 2.45) is 5.92 Å². The Labute approximate surface area is 132 Å². The van der Waals surface area contributed by atoms with Gasteiger partial charge in [-0.05, 0) is 32.1 Å². The zero-order chi connectivity index (χ0) is 15.8. The SMILES string of the molecule is CCCCCCCC/C=C\CCCCCCC(C)C(=O)O. The van der Waals surface area contributed by atoms with Gasteiger partial charge >= 0.3 is 5.97 Å². The van der Waals surface area contributed by atoms with Gasteiger partial charge in [-0.3, -0.25) is 4.79 Å². The van der Waals surface area contributed by atoms with Crippen LogP contribution in [-0.2, 0) is 4.79 Å². The Bertz CT molecular complexity index is 258. The van der Waals surface area contributed by atoms with Gasteiger partial charge in [0.15, 0.2) is 0 Å². The minimum Gasteiger partial charge on any atom is -0.481 e. The van der Waals surface area contributed by atoms with Crippen LogP contribution in [0, 0.1) is 5.92 Å². The predicted molar refractivity (Wildman–Crippen MR) is 91.6 cm³/mol. The third-order valence-electron chi connectivity index (χ3n) is 4.07. The molecule has 0 aliphatic heterocycles. The number of aliphatic carboxylic acids is 1. The first-order valence-corrected chi connectivity index (χ1v) is 9.06. The number of rotatable bonds is 15. The molecule has 1 atom stereocenters. The molecule has 1 N–H and O–H groups in total. The quantitative estimate of drug-likeness (QED) is 0.282. The third kappa shape index (κ3) is 15.4. The molecular weight excluding hydrogens is 260 g/mol. The molecule has 1 unspecified atom stereocenters. The van der Waals surface area contributed by atoms with E-state index in [0.717, 1.165) is 12.8 Å². The lowest BCUT2D eigenvalue weighted by Gasteiger charge is -2.04. The van der Waals surface area contributed by atoms with Crippen molar-refractivity contribution < 1.29 is 9.90 Å². The summed E-state index contributed by atoms with van der Waals surface area (Å²) in [6, 6.07) is 0. The van der Waals surface area contributed by atoms with Gasteiger partial charge in [0.05, 0.1) is 5.92 Å². The van der Waals surface area contributed by atoms with Crippen molar-refractivity contribution in [3.05, 3.63) is 12.2 Å². The van der Waals surface area contributed by atoms with Crippen LogP contribution in [0.2, 0.25) is 0 Å². The molecule has 0 amide bonds. The van der Waals surface area contributed by atoms with E-state index in [4.69, 9.17) is 5.11 Å². The maximum atomic E-state index is 10.7. The normalized spacial score (nSPS) is 12.9. The minimum atomic E-state index is -0.660. The summed E-state index contributed by atoms with van der Waals surface area (Å²) in [6.07, 6.45) is 20.8. The van der Waals surface area contributed by atoms with Crippen LogP contribution in [0.4, 0.5) is 0 Å². The molecular formula is C19H36O2. The first kappa shape index (κ1) is 20.2. The van der Waals surface area contributed by atoms with Crippen LogP contribution in [0.3, 0.4) is 0 Å². The molecule has 0 aliphatic rings. The molecule has 0 aliphatic carbocycles. The van der Waals surface area contributed by atoms with E-state index < -0.39 is 5.97 Å². The molecule has 21 heavy (non-hydrogen) atoms. The molecule has 2 nitrogen and oxygen atoms in total. The second-order valence-electron chi connectivity index (χ2n) is 6.26. The van der Waals surface area contributed by atoms with Crippen LogP contribution < -0.4 is 0 Å². The Morgan fingerprint density at radius 3 is 1.86 bits per heavy atom. The first-order valence-electron chi connectivity index (χ1n) is 9.06. The van der Waals surface area contributed by atoms with Crippen molar-refractivity contribution in [1.82, 2.24) is 0 Å². The molecule has 124 valence electrons. The summed E-state index contributed by atoms with van der Waals surface area (Å²) >= 11 is 0. The largest absolute Gasteiger partial charge is 0.481 e. The highest BCUT2D eigenvalue weighted by Gasteiger charge is 2.09. The first-order chi connectivity index (χ1) is 10.2. The van der Waals surface area contributed by atoms with E-state index in [-0.39, 0.29) is 5.92 Å². The molecule has 0 bridgehead atoms. The number of carboxylic acids is 1. The highest BCUT2D eigenvalue weighted by Crippen LogP contribution is 2.12. The third-order valence-corrected chi connectivity index (χ3v) is 4.07. The zero-order valence-electron chi connectivity index (χ0n) is 14.3. The monoisotopic (exact) mass is 296 g/mol. The average molecular weight is 296 g/mol. The standard InChI is InChI=1S/C19H36O2/c1-3-4-5-6-7-8-9-10-11-12-13-14-15-16-17-18(2)19(20)21/h10-11,18H,3-9,12-17H2,1-2H3,(H,20,21)/b11-10-. The predicted octanol–water partition coefficient (Wildman–Crippen LogP) is 6.35. The van der Waals surface area contributed by atoms with Gasteiger partial charge in [0.1, 0.15) is 0 Å². The van der Waals surface area contributed by atoms with Gasteiger partial charge in [-0.25, -0.2) is 0 Å². The lowest BCUT2D eigenvalue weighted by atomic mass is 10.0. The van der Waals surface area contributed by atoms with E-state index in [1.54, 1.807) is 6.92 Å². The second kappa shape index (κ2) is 15.6. The van der Waals surface area contributed by atoms with Crippen molar-refractivity contribution >= 4 is 5.97 Å². The lowest BCUT2D eigenvalue weighted by Crippen LogP contribution is -2.08. The second-order valence-corrected chi connectivity index (χ2v) is 6.26. The molecule has 0 aromatic rings. The summed E-state index contributed by atoms with van der Waals surface area (Å²) in [6.45, 7) is 4.06. The Morgan fingerprint density at radius 2 is 1.33 bits per heavy atom. The maximum Gasteiger partial charge on any atom is 0.306 e. The van der Waals surface area contributed by atoms with Crippen LogP contribution in [0.25, 0.3) is 0 Å². The molecule has 0 fully saturated rings. The Balaban J connectivity index is 3.17. The lowest BCUT2D eigenvalue weighted by molar-refractivity contribution is -0.141. The topological polar surface area (TPSA) is 37.3 Å². The number of carboxylic acid groups (broad SMARTS) is 1. The summed E-state index contributed by atoms with van der Waals surface area (Å²) in [4.78, 5) is 10.7. The molecule has 0 aromatic heterocycles. The summed E-state index contributed by atoms with van der Waals surface area (Å²) in [5.41, 5.74) is 0. The van der Waals surface area contributed by atoms with Crippen LogP contribution >= 0.6 is 0 Å². The van der Waals surface area contributed by atoms with Gasteiger partial charge in [0.25, 0.3) is 0 Å². The van der Waals surface area contributed by atoms with Crippen molar-refractivity contribution in [3.63, 3.8) is 0 Å². The molecule has 0 radical (unpaired) electrons. The summed E-state index contributed by atoms with van der Waals surface area (Å²) in [5.74, 6) is -0.838. The molecule has 2 heteroatoms. The highest BCUT2D eigenvalue weighted by molar-refractivity contribution is 5.69. The Kier molecular flexibility index (Phi) is 15.0. The molecule has 0 aromatic carbocycles. The number of unbranched alkanes of at least 4 members (excludes halogenated alkanes) is 10. The van der Waals surface area contributed by atoms with Gasteiger partial charge in [-0.1, -0.05) is 77.4 Å². The summed E-state index contributed by atoms with van der Waals surface area (Å²) in [5, 5.41) is 8.78. The molecule has 0 saturated heterocycles. The average Bonchev–Trinajstić information content (AvgIpc) is 2.47. The highest BCUT2D eigenvalue weighted by atomic mass is 16.4. The molecule has 0 heterocycles. The van der Waals surface area contributed by atoms with Crippen molar-refractivity contribution in [1.29, 1.82) is 0 Å². The van der Waals surface area contributed by atoms with Gasteiger partial charge in [-0.15, -0.1) is 0 Å². The van der Waals surface area contributed by atoms with Crippen molar-refractivity contribution in [2.75, 3.05) is 0 Å². The van der Waals surface area contributed by atoms with E-state index in [2.05, 4.69) is 19.1 Å². The molecule has 0 saturated carbocycles. The van der Waals surface area contributed by atoms with Gasteiger partial charge in [0, 0.05) is 0 Å². The van der Waals surface area contributed by atoms with E-state index in [9.17, 15) is 4.79 Å². The Hall–Kier alpha value is -0.790. The van der Waals surface area contributed by atoms with E-state index in [1.165, 1.54) is 70.6 Å². The number of hydrogen-bond acceptors (Lipinski definition) is 1. The van der Waals surface area contributed by atoms with Gasteiger partial charge in [0.2, 0.25) is 0 Å². The maximum absolute atomic E-state index is 10.7. The molecule has 0 spiro atoms. The van der Waals surface area contributed by atoms with Crippen molar-refractivity contribution in [2.45, 2.75) is 97.3 Å². The van der Waals surface area contributed by atoms with E-state index in [0.29, 0.717) is 0 Å². The van der Waals surface area contributed by atoms with Gasteiger partial charge < -0.3 is 5.11 Å². The number of hydrogen-bond donors (Lipinski definition) is 1. The Morgan fingerprint density at radius 1 is 0.857 bits per heavy atom. The van der Waals surface area contributed by atoms with E-state index >= 15 is 0 Å². The van der Waals surface area contributed by atoms with Crippen LogP contribution in [-0.4, -0.2) is 11.1 Å². The number of carbonyl (C=O) groups is 1. The summed E-state index contributed by atoms with van der Waals surface area (Å²) < 4.78 is 0. The molecule has 0 rings (SSSR count). The van der Waals surface area contributed by atoms with Crippen LogP contribution in [0.1, 0.15) is 97.3 Å². The fourth-order valence-corrected chi connectivity index (χ4v) is 2.47. The zero-order valence-corrected chi connectivity index (χ0v) is 14.3. The van der Waals surface area contributed by atoms with Gasteiger partial charge in [-0.2, -0.15) is 0 Å². The smallest absolute Gasteiger partial charge is 0.306 e. The van der Waals surface area contributed by atoms with E-state index in [1.807, 2.05) is 0 Å². The minimum absolute atomic E-state index is 0.178. The van der Waals surface area contributed by atoms with Crippen LogP contribution in [0.15, 0.2) is 12.2 Å². The van der Waals surface area contributed by atoms with Crippen LogP contribution in [0.5, 0.6) is 0 Å². The fourth-order valence-electron chi connectivity index (χ4n) is 2.47. The fraction of sp³-hybridized carbons (Fsp3) is 0.842. The summed E-state index contributed by atoms with van der Waals surface area (Å²) in [7, 11) is 0.